The summed E-state index contributed by atoms with van der Waals surface area (Å²) in [6.07, 6.45) is -0.0102. The third-order valence-electron chi connectivity index (χ3n) is 1.78. The number of rotatable bonds is 6. The number of carbonyl (C=O) groups is 3. The molecule has 0 fully saturated rings. The molecule has 0 radical (unpaired) electrons. The second kappa shape index (κ2) is 5.95. The first-order valence-corrected chi connectivity index (χ1v) is 4.42. The molecule has 0 aliphatic carbocycles. The van der Waals surface area contributed by atoms with Crippen LogP contribution in [0.4, 0.5) is 0 Å². The number of ketones is 1. The topological polar surface area (TPSA) is 80.7 Å². The number of aliphatic carboxylic acids is 1. The molecule has 5 heteroatoms. The SMILES string of the molecule is C=C(C)C(=O)OCCC(C(C)=O)C(=O)O. The maximum atomic E-state index is 10.9. The molecular weight excluding hydrogens is 200 g/mol. The summed E-state index contributed by atoms with van der Waals surface area (Å²) in [5.41, 5.74) is 0.240. The van der Waals surface area contributed by atoms with Crippen molar-refractivity contribution < 1.29 is 24.2 Å². The average molecular weight is 214 g/mol. The molecule has 0 saturated heterocycles. The van der Waals surface area contributed by atoms with Crippen molar-refractivity contribution in [1.29, 1.82) is 0 Å². The Bertz CT molecular complexity index is 278. The number of esters is 1. The molecule has 0 aliphatic heterocycles. The smallest absolute Gasteiger partial charge is 0.333 e. The van der Waals surface area contributed by atoms with Gasteiger partial charge in [-0.15, -0.1) is 0 Å². The zero-order valence-electron chi connectivity index (χ0n) is 8.78. The van der Waals surface area contributed by atoms with E-state index in [1.54, 1.807) is 0 Å². The number of hydrogen-bond acceptors (Lipinski definition) is 4. The van der Waals surface area contributed by atoms with Crippen LogP contribution >= 0.6 is 0 Å². The standard InChI is InChI=1S/C10H14O5/c1-6(2)10(14)15-5-4-8(7(3)11)9(12)13/h8H,1,4-5H2,2-3H3,(H,12,13). The third kappa shape index (κ3) is 4.95. The minimum atomic E-state index is -1.20. The highest BCUT2D eigenvalue weighted by molar-refractivity contribution is 5.96. The first-order valence-electron chi connectivity index (χ1n) is 4.42. The number of hydrogen-bond donors (Lipinski definition) is 1. The number of carboxylic acid groups (broad SMARTS) is 1. The van der Waals surface area contributed by atoms with Crippen molar-refractivity contribution in [3.8, 4) is 0 Å². The predicted molar refractivity (Wildman–Crippen MR) is 52.2 cm³/mol. The van der Waals surface area contributed by atoms with Crippen molar-refractivity contribution in [3.63, 3.8) is 0 Å². The summed E-state index contributed by atoms with van der Waals surface area (Å²) >= 11 is 0. The van der Waals surface area contributed by atoms with Gasteiger partial charge in [-0.3, -0.25) is 9.59 Å². The molecule has 84 valence electrons. The molecule has 0 amide bonds. The Kier molecular flexibility index (Phi) is 5.30. The first-order chi connectivity index (χ1) is 6.86. The molecule has 1 unspecified atom stereocenters. The van der Waals surface area contributed by atoms with Gasteiger partial charge >= 0.3 is 11.9 Å². The van der Waals surface area contributed by atoms with E-state index in [0.29, 0.717) is 0 Å². The quantitative estimate of drug-likeness (QED) is 0.401. The van der Waals surface area contributed by atoms with E-state index in [0.717, 1.165) is 0 Å². The fraction of sp³-hybridized carbons (Fsp3) is 0.500. The fourth-order valence-electron chi connectivity index (χ4n) is 0.893. The molecular formula is C10H14O5. The third-order valence-corrected chi connectivity index (χ3v) is 1.78. The van der Waals surface area contributed by atoms with Crippen LogP contribution in [0, 0.1) is 5.92 Å². The molecule has 0 bridgehead atoms. The van der Waals surface area contributed by atoms with Crippen LogP contribution in [0.15, 0.2) is 12.2 Å². The molecule has 0 spiro atoms. The number of ether oxygens (including phenoxy) is 1. The van der Waals surface area contributed by atoms with Gasteiger partial charge in [0.2, 0.25) is 0 Å². The minimum Gasteiger partial charge on any atom is -0.481 e. The second-order valence-corrected chi connectivity index (χ2v) is 3.21. The lowest BCUT2D eigenvalue weighted by Gasteiger charge is -2.08. The highest BCUT2D eigenvalue weighted by Gasteiger charge is 2.22. The molecule has 5 nitrogen and oxygen atoms in total. The van der Waals surface area contributed by atoms with Crippen molar-refractivity contribution in [3.05, 3.63) is 12.2 Å². The van der Waals surface area contributed by atoms with Crippen LogP contribution < -0.4 is 0 Å². The molecule has 0 heterocycles. The molecule has 1 N–H and O–H groups in total. The predicted octanol–water partition coefficient (Wildman–Crippen LogP) is 0.786. The van der Waals surface area contributed by atoms with Crippen molar-refractivity contribution in [2.24, 2.45) is 5.92 Å². The summed E-state index contributed by atoms with van der Waals surface area (Å²) in [7, 11) is 0. The first kappa shape index (κ1) is 13.4. The minimum absolute atomic E-state index is 0.0102. The van der Waals surface area contributed by atoms with Crippen LogP contribution in [0.3, 0.4) is 0 Å². The molecule has 15 heavy (non-hydrogen) atoms. The number of carbonyl (C=O) groups excluding carboxylic acids is 2. The number of Topliss-reactive ketones (excluding diaryl/α,β-unsaturated/α-hetero) is 1. The summed E-state index contributed by atoms with van der Waals surface area (Å²) < 4.78 is 4.68. The van der Waals surface area contributed by atoms with Gasteiger partial charge in [0.15, 0.2) is 0 Å². The van der Waals surface area contributed by atoms with E-state index in [-0.39, 0.29) is 18.6 Å². The van der Waals surface area contributed by atoms with Crippen molar-refractivity contribution in [2.45, 2.75) is 20.3 Å². The van der Waals surface area contributed by atoms with Crippen molar-refractivity contribution in [2.75, 3.05) is 6.61 Å². The van der Waals surface area contributed by atoms with Crippen LogP contribution in [0.1, 0.15) is 20.3 Å². The highest BCUT2D eigenvalue weighted by Crippen LogP contribution is 2.06. The van der Waals surface area contributed by atoms with Gasteiger partial charge < -0.3 is 9.84 Å². The van der Waals surface area contributed by atoms with E-state index < -0.39 is 23.6 Å². The lowest BCUT2D eigenvalue weighted by molar-refractivity contribution is -0.149. The Morgan fingerprint density at radius 1 is 1.33 bits per heavy atom. The molecule has 0 aromatic rings. The zero-order valence-corrected chi connectivity index (χ0v) is 8.78. The summed E-state index contributed by atoms with van der Waals surface area (Å²) in [6.45, 7) is 5.95. The average Bonchev–Trinajstić information content (AvgIpc) is 2.10. The van der Waals surface area contributed by atoms with E-state index >= 15 is 0 Å². The molecule has 0 rings (SSSR count). The van der Waals surface area contributed by atoms with Gasteiger partial charge in [0, 0.05) is 12.0 Å². The Balaban J connectivity index is 4.03. The molecule has 0 aromatic heterocycles. The summed E-state index contributed by atoms with van der Waals surface area (Å²) in [4.78, 5) is 32.3. The lowest BCUT2D eigenvalue weighted by Crippen LogP contribution is -2.23. The van der Waals surface area contributed by atoms with Gasteiger partial charge in [-0.25, -0.2) is 4.79 Å². The molecule has 0 aliphatic rings. The van der Waals surface area contributed by atoms with E-state index in [1.807, 2.05) is 0 Å². The zero-order chi connectivity index (χ0) is 12.0. The monoisotopic (exact) mass is 214 g/mol. The van der Waals surface area contributed by atoms with Crippen LogP contribution in [-0.4, -0.2) is 29.4 Å². The van der Waals surface area contributed by atoms with Gasteiger partial charge in [0.05, 0.1) is 6.61 Å². The molecule has 1 atom stereocenters. The van der Waals surface area contributed by atoms with E-state index in [1.165, 1.54) is 13.8 Å². The Morgan fingerprint density at radius 2 is 1.87 bits per heavy atom. The lowest BCUT2D eigenvalue weighted by atomic mass is 10.0. The van der Waals surface area contributed by atoms with E-state index in [9.17, 15) is 14.4 Å². The molecule has 0 saturated carbocycles. The second-order valence-electron chi connectivity index (χ2n) is 3.21. The van der Waals surface area contributed by atoms with Crippen molar-refractivity contribution in [1.82, 2.24) is 0 Å². The van der Waals surface area contributed by atoms with Crippen LogP contribution in [0.25, 0.3) is 0 Å². The van der Waals surface area contributed by atoms with Gasteiger partial charge in [-0.2, -0.15) is 0 Å². The van der Waals surface area contributed by atoms with Crippen LogP contribution in [-0.2, 0) is 19.1 Å². The van der Waals surface area contributed by atoms with E-state index in [4.69, 9.17) is 5.11 Å². The van der Waals surface area contributed by atoms with Gasteiger partial charge in [-0.1, -0.05) is 6.58 Å². The largest absolute Gasteiger partial charge is 0.481 e. The summed E-state index contributed by atoms with van der Waals surface area (Å²) in [5, 5.41) is 8.64. The summed E-state index contributed by atoms with van der Waals surface area (Å²) in [6, 6.07) is 0. The summed E-state index contributed by atoms with van der Waals surface area (Å²) in [5.74, 6) is -3.34. The van der Waals surface area contributed by atoms with E-state index in [2.05, 4.69) is 11.3 Å². The number of carboxylic acids is 1. The maximum absolute atomic E-state index is 10.9. The Hall–Kier alpha value is -1.65. The van der Waals surface area contributed by atoms with Gasteiger partial charge in [-0.05, 0) is 13.8 Å². The van der Waals surface area contributed by atoms with Gasteiger partial charge in [0.1, 0.15) is 11.7 Å². The Labute approximate surface area is 87.7 Å². The van der Waals surface area contributed by atoms with Crippen molar-refractivity contribution >= 4 is 17.7 Å². The highest BCUT2D eigenvalue weighted by atomic mass is 16.5. The molecule has 0 aromatic carbocycles. The van der Waals surface area contributed by atoms with Gasteiger partial charge in [0.25, 0.3) is 0 Å². The fourth-order valence-corrected chi connectivity index (χ4v) is 0.893. The van der Waals surface area contributed by atoms with Crippen LogP contribution in [0.2, 0.25) is 0 Å². The normalized spacial score (nSPS) is 11.6. The maximum Gasteiger partial charge on any atom is 0.333 e. The Morgan fingerprint density at radius 3 is 2.20 bits per heavy atom. The van der Waals surface area contributed by atoms with Crippen LogP contribution in [0.5, 0.6) is 0 Å².